The first-order chi connectivity index (χ1) is 13.3. The molecule has 0 bridgehead atoms. The Morgan fingerprint density at radius 1 is 1.21 bits per heavy atom. The fraction of sp³-hybridized carbons (Fsp3) is 0.211. The number of carboxylic acids is 1. The molecule has 28 heavy (non-hydrogen) atoms. The van der Waals surface area contributed by atoms with Crippen LogP contribution in [0.5, 0.6) is 11.5 Å². The van der Waals surface area contributed by atoms with Crippen molar-refractivity contribution in [2.75, 3.05) is 0 Å². The van der Waals surface area contributed by atoms with Crippen LogP contribution >= 0.6 is 0 Å². The number of ether oxygens (including phenoxy) is 2. The van der Waals surface area contributed by atoms with Crippen LogP contribution in [0.4, 0.5) is 9.18 Å². The van der Waals surface area contributed by atoms with Crippen LogP contribution in [0.1, 0.15) is 11.1 Å². The molecule has 1 heterocycles. The van der Waals surface area contributed by atoms with Crippen LogP contribution in [0.3, 0.4) is 0 Å². The first-order valence-corrected chi connectivity index (χ1v) is 8.37. The normalized spacial score (nSPS) is 17.0. The van der Waals surface area contributed by atoms with Crippen molar-refractivity contribution >= 4 is 18.0 Å². The highest BCUT2D eigenvalue weighted by molar-refractivity contribution is 6.00. The lowest BCUT2D eigenvalue weighted by Gasteiger charge is -2.11. The first kappa shape index (κ1) is 19.3. The maximum Gasteiger partial charge on any atom is 0.414 e. The monoisotopic (exact) mass is 388 g/mol. The molecule has 3 rings (SSSR count). The van der Waals surface area contributed by atoms with Crippen molar-refractivity contribution < 1.29 is 33.4 Å². The van der Waals surface area contributed by atoms with Crippen molar-refractivity contribution in [3.05, 3.63) is 59.4 Å². The van der Waals surface area contributed by atoms with Gasteiger partial charge in [0.2, 0.25) is 0 Å². The summed E-state index contributed by atoms with van der Waals surface area (Å²) in [6.07, 6.45) is -1.43. The number of hydrogen-bond donors (Lipinski definition) is 3. The molecule has 1 aliphatic heterocycles. The summed E-state index contributed by atoms with van der Waals surface area (Å²) in [7, 11) is 0. The predicted octanol–water partition coefficient (Wildman–Crippen LogP) is 1.75. The average molecular weight is 388 g/mol. The van der Waals surface area contributed by atoms with E-state index in [2.05, 4.69) is 5.32 Å². The van der Waals surface area contributed by atoms with Gasteiger partial charge in [0.25, 0.3) is 5.91 Å². The summed E-state index contributed by atoms with van der Waals surface area (Å²) < 4.78 is 24.5. The standard InChI is InChI=1S/C19H17FN2O6/c20-13-7-11(8-14(21)18(24)25)3-6-15(13)27-12-4-1-10(2-5-12)9-16-17(23)22-19(26)28-16/h1-7,14,16H,8-9,21H2,(H,24,25)(H,22,23,26). The molecule has 2 aromatic carbocycles. The third-order valence-electron chi connectivity index (χ3n) is 4.11. The van der Waals surface area contributed by atoms with Crippen molar-refractivity contribution in [1.29, 1.82) is 0 Å². The molecule has 8 nitrogen and oxygen atoms in total. The Kier molecular flexibility index (Phi) is 5.55. The van der Waals surface area contributed by atoms with E-state index in [1.807, 2.05) is 0 Å². The van der Waals surface area contributed by atoms with Crippen molar-refractivity contribution in [2.45, 2.75) is 25.0 Å². The molecule has 4 N–H and O–H groups in total. The van der Waals surface area contributed by atoms with Gasteiger partial charge in [0.05, 0.1) is 0 Å². The molecular weight excluding hydrogens is 371 g/mol. The molecule has 1 aliphatic rings. The molecule has 2 aromatic rings. The second-order valence-corrected chi connectivity index (χ2v) is 6.25. The van der Waals surface area contributed by atoms with E-state index in [0.717, 1.165) is 5.56 Å². The van der Waals surface area contributed by atoms with Crippen LogP contribution in [0, 0.1) is 5.82 Å². The lowest BCUT2D eigenvalue weighted by Crippen LogP contribution is -2.32. The molecule has 0 aliphatic carbocycles. The molecule has 146 valence electrons. The molecule has 1 saturated heterocycles. The number of alkyl carbamates (subject to hydrolysis) is 1. The Morgan fingerprint density at radius 3 is 2.46 bits per heavy atom. The van der Waals surface area contributed by atoms with Gasteiger partial charge >= 0.3 is 12.1 Å². The fourth-order valence-electron chi connectivity index (χ4n) is 2.66. The van der Waals surface area contributed by atoms with E-state index < -0.39 is 35.9 Å². The van der Waals surface area contributed by atoms with Gasteiger partial charge in [0.15, 0.2) is 17.7 Å². The van der Waals surface area contributed by atoms with E-state index in [1.165, 1.54) is 12.1 Å². The van der Waals surface area contributed by atoms with Crippen LogP contribution in [0.2, 0.25) is 0 Å². The van der Waals surface area contributed by atoms with E-state index in [4.69, 9.17) is 20.3 Å². The molecule has 1 fully saturated rings. The van der Waals surface area contributed by atoms with Gasteiger partial charge in [0, 0.05) is 6.42 Å². The Morgan fingerprint density at radius 2 is 1.89 bits per heavy atom. The molecule has 2 amide bonds. The van der Waals surface area contributed by atoms with E-state index in [-0.39, 0.29) is 18.6 Å². The number of nitrogens with two attached hydrogens (primary N) is 1. The second-order valence-electron chi connectivity index (χ2n) is 6.25. The highest BCUT2D eigenvalue weighted by Crippen LogP contribution is 2.26. The Hall–Kier alpha value is -3.46. The lowest BCUT2D eigenvalue weighted by molar-refractivity contribution is -0.138. The number of aliphatic carboxylic acids is 1. The number of hydrogen-bond acceptors (Lipinski definition) is 6. The van der Waals surface area contributed by atoms with Gasteiger partial charge < -0.3 is 20.3 Å². The maximum absolute atomic E-state index is 14.2. The van der Waals surface area contributed by atoms with Crippen molar-refractivity contribution in [1.82, 2.24) is 5.32 Å². The smallest absolute Gasteiger partial charge is 0.414 e. The summed E-state index contributed by atoms with van der Waals surface area (Å²) in [6, 6.07) is 9.55. The molecule has 2 atom stereocenters. The summed E-state index contributed by atoms with van der Waals surface area (Å²) >= 11 is 0. The quantitative estimate of drug-likeness (QED) is 0.659. The first-order valence-electron chi connectivity index (χ1n) is 8.37. The molecule has 0 spiro atoms. The predicted molar refractivity (Wildman–Crippen MR) is 94.3 cm³/mol. The van der Waals surface area contributed by atoms with Gasteiger partial charge in [-0.3, -0.25) is 14.9 Å². The maximum atomic E-state index is 14.2. The molecule has 0 saturated carbocycles. The molecule has 0 radical (unpaired) electrons. The number of carbonyl (C=O) groups excluding carboxylic acids is 2. The molecular formula is C19H17FN2O6. The van der Waals surface area contributed by atoms with Gasteiger partial charge in [-0.05, 0) is 41.8 Å². The number of benzene rings is 2. The number of rotatable bonds is 7. The van der Waals surface area contributed by atoms with Crippen LogP contribution in [-0.4, -0.2) is 35.2 Å². The van der Waals surface area contributed by atoms with Crippen molar-refractivity contribution in [2.24, 2.45) is 5.73 Å². The Balaban J connectivity index is 1.63. The topological polar surface area (TPSA) is 128 Å². The van der Waals surface area contributed by atoms with E-state index >= 15 is 0 Å². The molecule has 2 unspecified atom stereocenters. The van der Waals surface area contributed by atoms with Gasteiger partial charge in [-0.25, -0.2) is 9.18 Å². The van der Waals surface area contributed by atoms with Gasteiger partial charge in [-0.15, -0.1) is 0 Å². The van der Waals surface area contributed by atoms with E-state index in [1.54, 1.807) is 30.3 Å². The minimum absolute atomic E-state index is 0.000544. The molecule has 0 aromatic heterocycles. The zero-order chi connectivity index (χ0) is 20.3. The SMILES string of the molecule is NC(Cc1ccc(Oc2ccc(CC3OC(=O)NC3=O)cc2)c(F)c1)C(=O)O. The van der Waals surface area contributed by atoms with Crippen LogP contribution in [0.15, 0.2) is 42.5 Å². The lowest BCUT2D eigenvalue weighted by atomic mass is 10.1. The summed E-state index contributed by atoms with van der Waals surface area (Å²) in [4.78, 5) is 33.3. The van der Waals surface area contributed by atoms with Crippen LogP contribution in [0.25, 0.3) is 0 Å². The third kappa shape index (κ3) is 4.63. The Bertz CT molecular complexity index is 915. The van der Waals surface area contributed by atoms with E-state index in [0.29, 0.717) is 11.3 Å². The van der Waals surface area contributed by atoms with Crippen molar-refractivity contribution in [3.8, 4) is 11.5 Å². The van der Waals surface area contributed by atoms with Crippen molar-refractivity contribution in [3.63, 3.8) is 0 Å². The highest BCUT2D eigenvalue weighted by Gasteiger charge is 2.32. The van der Waals surface area contributed by atoms with Gasteiger partial charge in [-0.2, -0.15) is 0 Å². The number of cyclic esters (lactones) is 1. The highest BCUT2D eigenvalue weighted by atomic mass is 19.1. The largest absolute Gasteiger partial charge is 0.480 e. The minimum atomic E-state index is -1.16. The zero-order valence-electron chi connectivity index (χ0n) is 14.6. The Labute approximate surface area is 159 Å². The van der Waals surface area contributed by atoms with Gasteiger partial charge in [0.1, 0.15) is 11.8 Å². The number of amides is 2. The van der Waals surface area contributed by atoms with Crippen LogP contribution in [-0.2, 0) is 27.2 Å². The van der Waals surface area contributed by atoms with Crippen LogP contribution < -0.4 is 15.8 Å². The summed E-state index contributed by atoms with van der Waals surface area (Å²) in [6.45, 7) is 0. The summed E-state index contributed by atoms with van der Waals surface area (Å²) in [5, 5.41) is 10.9. The zero-order valence-corrected chi connectivity index (χ0v) is 14.6. The number of imide groups is 1. The third-order valence-corrected chi connectivity index (χ3v) is 4.11. The summed E-state index contributed by atoms with van der Waals surface area (Å²) in [5.41, 5.74) is 6.62. The number of carbonyl (C=O) groups is 3. The number of halogens is 1. The van der Waals surface area contributed by atoms with E-state index in [9.17, 15) is 18.8 Å². The number of carboxylic acid groups (broad SMARTS) is 1. The van der Waals surface area contributed by atoms with Gasteiger partial charge in [-0.1, -0.05) is 18.2 Å². The second kappa shape index (κ2) is 8.05. The number of nitrogens with one attached hydrogen (secondary N) is 1. The fourth-order valence-corrected chi connectivity index (χ4v) is 2.66. The molecule has 9 heteroatoms. The minimum Gasteiger partial charge on any atom is -0.480 e. The summed E-state index contributed by atoms with van der Waals surface area (Å²) in [5.74, 6) is -1.95. The average Bonchev–Trinajstić information content (AvgIpc) is 2.96.